The molecule has 0 fully saturated rings. The van der Waals surface area contributed by atoms with Crippen LogP contribution in [0, 0.1) is 17.8 Å². The number of phosphoric ester groups is 2. The van der Waals surface area contributed by atoms with Gasteiger partial charge in [-0.05, 0) is 43.4 Å². The zero-order valence-electron chi connectivity index (χ0n) is 60.0. The smallest absolute Gasteiger partial charge is 0.462 e. The van der Waals surface area contributed by atoms with Gasteiger partial charge in [-0.25, -0.2) is 9.13 Å². The molecule has 0 aliphatic carbocycles. The van der Waals surface area contributed by atoms with Crippen LogP contribution in [0.25, 0.3) is 0 Å². The van der Waals surface area contributed by atoms with Crippen LogP contribution in [-0.4, -0.2) is 96.7 Å². The molecule has 0 aromatic heterocycles. The van der Waals surface area contributed by atoms with Crippen LogP contribution in [0.15, 0.2) is 0 Å². The van der Waals surface area contributed by atoms with Crippen molar-refractivity contribution in [1.82, 2.24) is 0 Å². The maximum atomic E-state index is 13.1. The van der Waals surface area contributed by atoms with Crippen molar-refractivity contribution in [2.24, 2.45) is 17.8 Å². The maximum absolute atomic E-state index is 13.1. The molecule has 0 amide bonds. The molecule has 17 nitrogen and oxygen atoms in total. The van der Waals surface area contributed by atoms with Crippen molar-refractivity contribution in [1.29, 1.82) is 0 Å². The Bertz CT molecular complexity index is 1800. The molecule has 3 N–H and O–H groups in total. The Hall–Kier alpha value is -1.94. The molecular weight excluding hydrogens is 1210 g/mol. The third-order valence-corrected chi connectivity index (χ3v) is 18.8. The lowest BCUT2D eigenvalue weighted by Gasteiger charge is -2.21. The van der Waals surface area contributed by atoms with Gasteiger partial charge in [-0.15, -0.1) is 0 Å². The summed E-state index contributed by atoms with van der Waals surface area (Å²) in [6, 6.07) is 0. The Morgan fingerprint density at radius 1 is 0.293 bits per heavy atom. The molecule has 0 bridgehead atoms. The number of hydrogen-bond acceptors (Lipinski definition) is 15. The van der Waals surface area contributed by atoms with Crippen molar-refractivity contribution in [3.05, 3.63) is 0 Å². The van der Waals surface area contributed by atoms with Gasteiger partial charge in [0.15, 0.2) is 12.2 Å². The van der Waals surface area contributed by atoms with E-state index in [1.54, 1.807) is 0 Å². The van der Waals surface area contributed by atoms with E-state index in [-0.39, 0.29) is 25.7 Å². The number of carbonyl (C=O) groups is 4. The first-order chi connectivity index (χ1) is 44.2. The normalized spacial score (nSPS) is 14.1. The van der Waals surface area contributed by atoms with E-state index in [1.807, 2.05) is 0 Å². The van der Waals surface area contributed by atoms with Gasteiger partial charge in [0.05, 0.1) is 26.4 Å². The van der Waals surface area contributed by atoms with E-state index in [0.29, 0.717) is 25.7 Å². The number of carbonyl (C=O) groups excluding carboxylic acids is 4. The summed E-state index contributed by atoms with van der Waals surface area (Å²) >= 11 is 0. The maximum Gasteiger partial charge on any atom is 0.472 e. The van der Waals surface area contributed by atoms with Gasteiger partial charge in [0.1, 0.15) is 19.3 Å². The highest BCUT2D eigenvalue weighted by molar-refractivity contribution is 7.47. The topological polar surface area (TPSA) is 237 Å². The van der Waals surface area contributed by atoms with Gasteiger partial charge in [-0.1, -0.05) is 318 Å². The summed E-state index contributed by atoms with van der Waals surface area (Å²) in [5.74, 6) is 0.190. The summed E-state index contributed by atoms with van der Waals surface area (Å²) in [6.07, 6.45) is 48.6. The molecule has 546 valence electrons. The van der Waals surface area contributed by atoms with E-state index in [0.717, 1.165) is 114 Å². The van der Waals surface area contributed by atoms with Crippen molar-refractivity contribution < 1.29 is 80.2 Å². The number of esters is 4. The van der Waals surface area contributed by atoms with Gasteiger partial charge in [0, 0.05) is 25.7 Å². The number of aliphatic hydroxyl groups excluding tert-OH is 1. The van der Waals surface area contributed by atoms with Crippen LogP contribution in [-0.2, 0) is 65.4 Å². The fourth-order valence-electron chi connectivity index (χ4n) is 11.1. The lowest BCUT2D eigenvalue weighted by molar-refractivity contribution is -0.161. The average Bonchev–Trinajstić information content (AvgIpc) is 2.57. The minimum atomic E-state index is -4.95. The Labute approximate surface area is 562 Å². The molecule has 0 aliphatic heterocycles. The first kappa shape index (κ1) is 90.1. The third kappa shape index (κ3) is 66.7. The van der Waals surface area contributed by atoms with Crippen molar-refractivity contribution in [2.75, 3.05) is 39.6 Å². The SMILES string of the molecule is CCCCCCCCCCC(=O)OC[C@H](COP(=O)(O)OC[C@H](O)COP(=O)(O)OC[C@@H](COC(=O)CCCCCCCCCCCCCCCC(C)C)OC(=O)CCCCCCCCCCCCCCCC(C)C)OC(=O)CCCCCCCCCCCC(C)C. The molecule has 0 rings (SSSR count). The monoisotopic (exact) mass is 1350 g/mol. The summed E-state index contributed by atoms with van der Waals surface area (Å²) in [5, 5.41) is 10.6. The summed E-state index contributed by atoms with van der Waals surface area (Å²) < 4.78 is 68.3. The van der Waals surface area contributed by atoms with Crippen LogP contribution >= 0.6 is 15.6 Å². The van der Waals surface area contributed by atoms with E-state index in [2.05, 4.69) is 48.5 Å². The summed E-state index contributed by atoms with van der Waals surface area (Å²) in [5.41, 5.74) is 0. The number of unbranched alkanes of at least 4 members (excludes halogenated alkanes) is 39. The molecule has 2 unspecified atom stereocenters. The van der Waals surface area contributed by atoms with Gasteiger partial charge in [0.2, 0.25) is 0 Å². The summed E-state index contributed by atoms with van der Waals surface area (Å²) in [6.45, 7) is 11.9. The van der Waals surface area contributed by atoms with Gasteiger partial charge in [0.25, 0.3) is 0 Å². The Kier molecular flexibility index (Phi) is 62.4. The molecule has 5 atom stereocenters. The predicted molar refractivity (Wildman–Crippen MR) is 372 cm³/mol. The Morgan fingerprint density at radius 2 is 0.500 bits per heavy atom. The van der Waals surface area contributed by atoms with Crippen LogP contribution in [0.4, 0.5) is 0 Å². The van der Waals surface area contributed by atoms with Crippen molar-refractivity contribution in [3.63, 3.8) is 0 Å². The second-order valence-corrected chi connectivity index (χ2v) is 30.7. The number of hydrogen-bond donors (Lipinski definition) is 3. The molecule has 0 saturated heterocycles. The van der Waals surface area contributed by atoms with Gasteiger partial charge in [-0.3, -0.25) is 37.3 Å². The quantitative estimate of drug-likeness (QED) is 0.0222. The van der Waals surface area contributed by atoms with Gasteiger partial charge in [-0.2, -0.15) is 0 Å². The molecule has 0 aromatic rings. The minimum absolute atomic E-state index is 0.105. The molecule has 0 heterocycles. The summed E-state index contributed by atoms with van der Waals surface area (Å²) in [7, 11) is -9.90. The standard InChI is InChI=1S/C73H142O17P2/c1-8-9-10-11-12-33-40-47-54-70(75)83-60-68(90-73(78)57-50-43-36-29-23-26-32-39-46-53-66(6)7)62-87-91(79,80)85-58-67(74)59-86-92(81,82)88-63-69(89-72(77)56-49-42-35-28-22-18-14-16-20-25-31-38-45-52-65(4)5)61-84-71(76)55-48-41-34-27-21-17-13-15-19-24-30-37-44-51-64(2)3/h64-69,74H,8-63H2,1-7H3,(H,79,80)(H,81,82)/t67-,68+,69+/m0/s1. The number of aliphatic hydroxyl groups is 1. The lowest BCUT2D eigenvalue weighted by Crippen LogP contribution is -2.30. The first-order valence-corrected chi connectivity index (χ1v) is 40.8. The molecular formula is C73H142O17P2. The second-order valence-electron chi connectivity index (χ2n) is 27.8. The molecule has 0 aliphatic rings. The lowest BCUT2D eigenvalue weighted by atomic mass is 10.0. The van der Waals surface area contributed by atoms with Crippen LogP contribution in [0.2, 0.25) is 0 Å². The van der Waals surface area contributed by atoms with E-state index in [4.69, 9.17) is 37.0 Å². The average molecular weight is 1350 g/mol. The zero-order valence-corrected chi connectivity index (χ0v) is 61.8. The molecule has 0 spiro atoms. The zero-order chi connectivity index (χ0) is 68.0. The van der Waals surface area contributed by atoms with Crippen molar-refractivity contribution in [3.8, 4) is 0 Å². The fourth-order valence-corrected chi connectivity index (χ4v) is 12.7. The molecule has 19 heteroatoms. The Morgan fingerprint density at radius 3 is 0.739 bits per heavy atom. The van der Waals surface area contributed by atoms with Crippen LogP contribution in [0.5, 0.6) is 0 Å². The second kappa shape index (κ2) is 63.8. The van der Waals surface area contributed by atoms with Crippen LogP contribution in [0.1, 0.15) is 370 Å². The summed E-state index contributed by atoms with van der Waals surface area (Å²) in [4.78, 5) is 72.6. The first-order valence-electron chi connectivity index (χ1n) is 37.8. The van der Waals surface area contributed by atoms with Gasteiger partial charge < -0.3 is 33.8 Å². The molecule has 92 heavy (non-hydrogen) atoms. The third-order valence-electron chi connectivity index (χ3n) is 16.9. The molecule has 0 aromatic carbocycles. The minimum Gasteiger partial charge on any atom is -0.462 e. The van der Waals surface area contributed by atoms with Crippen LogP contribution in [0.3, 0.4) is 0 Å². The predicted octanol–water partition coefficient (Wildman–Crippen LogP) is 21.0. The van der Waals surface area contributed by atoms with Crippen LogP contribution < -0.4 is 0 Å². The van der Waals surface area contributed by atoms with E-state index in [1.165, 1.54) is 173 Å². The highest BCUT2D eigenvalue weighted by atomic mass is 31.2. The number of ether oxygens (including phenoxy) is 4. The van der Waals surface area contributed by atoms with Gasteiger partial charge >= 0.3 is 39.5 Å². The number of rotatable bonds is 71. The molecule has 0 saturated carbocycles. The van der Waals surface area contributed by atoms with E-state index in [9.17, 15) is 43.2 Å². The fraction of sp³-hybridized carbons (Fsp3) is 0.945. The highest BCUT2D eigenvalue weighted by Crippen LogP contribution is 2.45. The van der Waals surface area contributed by atoms with E-state index >= 15 is 0 Å². The highest BCUT2D eigenvalue weighted by Gasteiger charge is 2.30. The molecule has 0 radical (unpaired) electrons. The Balaban J connectivity index is 5.22. The van der Waals surface area contributed by atoms with Crippen molar-refractivity contribution in [2.45, 2.75) is 388 Å². The van der Waals surface area contributed by atoms with Crippen molar-refractivity contribution >= 4 is 39.5 Å². The largest absolute Gasteiger partial charge is 0.472 e. The number of phosphoric acid groups is 2. The van der Waals surface area contributed by atoms with E-state index < -0.39 is 97.5 Å².